The Morgan fingerprint density at radius 2 is 2.35 bits per heavy atom. The normalized spacial score (nSPS) is 23.7. The highest BCUT2D eigenvalue weighted by Crippen LogP contribution is 2.21. The van der Waals surface area contributed by atoms with Gasteiger partial charge in [-0.1, -0.05) is 0 Å². The zero-order valence-electron chi connectivity index (χ0n) is 10.0. The average molecular weight is 298 g/mol. The van der Waals surface area contributed by atoms with Crippen LogP contribution in [-0.2, 0) is 4.79 Å². The van der Waals surface area contributed by atoms with Gasteiger partial charge in [0, 0.05) is 4.47 Å². The van der Waals surface area contributed by atoms with Gasteiger partial charge in [-0.05, 0) is 61.3 Å². The van der Waals surface area contributed by atoms with Crippen molar-refractivity contribution in [1.82, 2.24) is 10.3 Å². The van der Waals surface area contributed by atoms with E-state index in [4.69, 9.17) is 0 Å². The number of nitrogens with zero attached hydrogens (tertiary/aromatic N) is 1. The number of amides is 1. The topological polar surface area (TPSA) is 54.0 Å². The van der Waals surface area contributed by atoms with Crippen molar-refractivity contribution in [1.29, 1.82) is 0 Å². The molecule has 1 aliphatic heterocycles. The smallest absolute Gasteiger partial charge is 0.245 e. The Kier molecular flexibility index (Phi) is 3.49. The summed E-state index contributed by atoms with van der Waals surface area (Å²) < 4.78 is 0.945. The molecule has 0 spiro atoms. The third-order valence-electron chi connectivity index (χ3n) is 3.13. The first-order chi connectivity index (χ1) is 8.01. The summed E-state index contributed by atoms with van der Waals surface area (Å²) in [5.41, 5.74) is 0.412. The van der Waals surface area contributed by atoms with E-state index in [2.05, 4.69) is 31.5 Å². The summed E-state index contributed by atoms with van der Waals surface area (Å²) in [6, 6.07) is 3.69. The summed E-state index contributed by atoms with van der Waals surface area (Å²) >= 11 is 3.38. The third-order valence-corrected chi connectivity index (χ3v) is 3.97. The van der Waals surface area contributed by atoms with Crippen LogP contribution in [0.3, 0.4) is 0 Å². The summed E-state index contributed by atoms with van der Waals surface area (Å²) in [4.78, 5) is 16.4. The lowest BCUT2D eigenvalue weighted by molar-refractivity contribution is -0.121. The van der Waals surface area contributed by atoms with Crippen molar-refractivity contribution in [3.63, 3.8) is 0 Å². The molecular weight excluding hydrogens is 282 g/mol. The average Bonchev–Trinajstić information content (AvgIpc) is 2.72. The second kappa shape index (κ2) is 4.74. The first-order valence-electron chi connectivity index (χ1n) is 5.71. The van der Waals surface area contributed by atoms with Crippen molar-refractivity contribution in [2.75, 3.05) is 11.9 Å². The molecule has 1 saturated heterocycles. The van der Waals surface area contributed by atoms with Gasteiger partial charge in [0.1, 0.15) is 5.82 Å². The molecule has 1 amide bonds. The largest absolute Gasteiger partial charge is 0.309 e. The van der Waals surface area contributed by atoms with E-state index in [0.717, 1.165) is 29.6 Å². The molecule has 1 aliphatic rings. The minimum absolute atomic E-state index is 0.00998. The molecule has 17 heavy (non-hydrogen) atoms. The molecule has 2 heterocycles. The van der Waals surface area contributed by atoms with Gasteiger partial charge in [0.05, 0.1) is 11.2 Å². The third kappa shape index (κ3) is 2.66. The van der Waals surface area contributed by atoms with Gasteiger partial charge in [-0.2, -0.15) is 0 Å². The quantitative estimate of drug-likeness (QED) is 0.880. The fourth-order valence-electron chi connectivity index (χ4n) is 1.96. The van der Waals surface area contributed by atoms with Crippen molar-refractivity contribution < 1.29 is 4.79 Å². The van der Waals surface area contributed by atoms with E-state index in [1.54, 1.807) is 6.07 Å². The van der Waals surface area contributed by atoms with Crippen LogP contribution in [0.5, 0.6) is 0 Å². The van der Waals surface area contributed by atoms with Gasteiger partial charge in [-0.25, -0.2) is 4.98 Å². The number of halogens is 1. The SMILES string of the molecule is Cc1nc(NC(=O)C2(C)CCCN2)ccc1Br. The Labute approximate surface area is 109 Å². The fourth-order valence-corrected chi connectivity index (χ4v) is 2.18. The molecule has 2 N–H and O–H groups in total. The van der Waals surface area contributed by atoms with Crippen molar-refractivity contribution in [3.8, 4) is 0 Å². The number of anilines is 1. The maximum Gasteiger partial charge on any atom is 0.245 e. The number of nitrogens with one attached hydrogen (secondary N) is 2. The molecule has 0 aliphatic carbocycles. The zero-order chi connectivity index (χ0) is 12.5. The number of pyridine rings is 1. The Bertz CT molecular complexity index is 441. The van der Waals surface area contributed by atoms with E-state index in [9.17, 15) is 4.79 Å². The summed E-state index contributed by atoms with van der Waals surface area (Å²) in [6.45, 7) is 4.73. The second-order valence-electron chi connectivity index (χ2n) is 4.58. The van der Waals surface area contributed by atoms with Crippen LogP contribution < -0.4 is 10.6 Å². The number of rotatable bonds is 2. The zero-order valence-corrected chi connectivity index (χ0v) is 11.6. The first-order valence-corrected chi connectivity index (χ1v) is 6.50. The predicted molar refractivity (Wildman–Crippen MR) is 70.9 cm³/mol. The molecule has 4 nitrogen and oxygen atoms in total. The standard InChI is InChI=1S/C12H16BrN3O/c1-8-9(13)4-5-10(15-8)16-11(17)12(2)6-3-7-14-12/h4-5,14H,3,6-7H2,1-2H3,(H,15,16,17). The number of carbonyl (C=O) groups excluding carboxylic acids is 1. The minimum Gasteiger partial charge on any atom is -0.309 e. The number of hydrogen-bond donors (Lipinski definition) is 2. The Balaban J connectivity index is 2.10. The van der Waals surface area contributed by atoms with Gasteiger partial charge in [0.2, 0.25) is 5.91 Å². The summed E-state index contributed by atoms with van der Waals surface area (Å²) in [5.74, 6) is 0.592. The molecule has 92 valence electrons. The molecule has 1 unspecified atom stereocenters. The summed E-state index contributed by atoms with van der Waals surface area (Å²) in [5, 5.41) is 6.09. The van der Waals surface area contributed by atoms with Crippen LogP contribution in [0.4, 0.5) is 5.82 Å². The van der Waals surface area contributed by atoms with E-state index in [1.165, 1.54) is 0 Å². The van der Waals surface area contributed by atoms with Crippen molar-refractivity contribution >= 4 is 27.7 Å². The first kappa shape index (κ1) is 12.5. The molecule has 1 aromatic rings. The number of hydrogen-bond acceptors (Lipinski definition) is 3. The van der Waals surface area contributed by atoms with Crippen LogP contribution in [0.25, 0.3) is 0 Å². The molecule has 1 aromatic heterocycles. The summed E-state index contributed by atoms with van der Waals surface area (Å²) in [7, 11) is 0. The van der Waals surface area contributed by atoms with Crippen LogP contribution in [0.2, 0.25) is 0 Å². The summed E-state index contributed by atoms with van der Waals surface area (Å²) in [6.07, 6.45) is 1.91. The predicted octanol–water partition coefficient (Wildman–Crippen LogP) is 2.23. The monoisotopic (exact) mass is 297 g/mol. The minimum atomic E-state index is -0.456. The van der Waals surface area contributed by atoms with Gasteiger partial charge in [0.15, 0.2) is 0 Å². The lowest BCUT2D eigenvalue weighted by atomic mass is 9.99. The van der Waals surface area contributed by atoms with Crippen molar-refractivity contribution in [3.05, 3.63) is 22.3 Å². The van der Waals surface area contributed by atoms with Gasteiger partial charge < -0.3 is 10.6 Å². The van der Waals surface area contributed by atoms with Gasteiger partial charge in [-0.3, -0.25) is 4.79 Å². The van der Waals surface area contributed by atoms with Gasteiger partial charge in [0.25, 0.3) is 0 Å². The molecule has 0 aromatic carbocycles. The Morgan fingerprint density at radius 3 is 2.94 bits per heavy atom. The van der Waals surface area contributed by atoms with Crippen LogP contribution in [-0.4, -0.2) is 23.0 Å². The maximum absolute atomic E-state index is 12.1. The van der Waals surface area contributed by atoms with E-state index >= 15 is 0 Å². The lowest BCUT2D eigenvalue weighted by Gasteiger charge is -2.22. The van der Waals surface area contributed by atoms with Crippen molar-refractivity contribution in [2.24, 2.45) is 0 Å². The molecular formula is C12H16BrN3O. The number of aryl methyl sites for hydroxylation is 1. The number of aromatic nitrogens is 1. The Hall–Kier alpha value is -0.940. The second-order valence-corrected chi connectivity index (χ2v) is 5.43. The van der Waals surface area contributed by atoms with E-state index < -0.39 is 5.54 Å². The molecule has 1 fully saturated rings. The fraction of sp³-hybridized carbons (Fsp3) is 0.500. The molecule has 0 saturated carbocycles. The van der Waals surface area contributed by atoms with Gasteiger partial charge >= 0.3 is 0 Å². The van der Waals surface area contributed by atoms with Gasteiger partial charge in [-0.15, -0.1) is 0 Å². The van der Waals surface area contributed by atoms with E-state index in [0.29, 0.717) is 5.82 Å². The van der Waals surface area contributed by atoms with E-state index in [-0.39, 0.29) is 5.91 Å². The van der Waals surface area contributed by atoms with Crippen LogP contribution in [0, 0.1) is 6.92 Å². The highest BCUT2D eigenvalue weighted by molar-refractivity contribution is 9.10. The molecule has 0 radical (unpaired) electrons. The van der Waals surface area contributed by atoms with Crippen LogP contribution in [0.15, 0.2) is 16.6 Å². The lowest BCUT2D eigenvalue weighted by Crippen LogP contribution is -2.48. The molecule has 0 bridgehead atoms. The highest BCUT2D eigenvalue weighted by atomic mass is 79.9. The maximum atomic E-state index is 12.1. The van der Waals surface area contributed by atoms with Crippen molar-refractivity contribution in [2.45, 2.75) is 32.2 Å². The van der Waals surface area contributed by atoms with Crippen LogP contribution in [0.1, 0.15) is 25.5 Å². The molecule has 1 atom stereocenters. The Morgan fingerprint density at radius 1 is 1.59 bits per heavy atom. The number of carbonyl (C=O) groups is 1. The molecule has 2 rings (SSSR count). The highest BCUT2D eigenvalue weighted by Gasteiger charge is 2.35. The van der Waals surface area contributed by atoms with E-state index in [1.807, 2.05) is 19.9 Å². The van der Waals surface area contributed by atoms with Crippen LogP contribution >= 0.6 is 15.9 Å². The molecule has 5 heteroatoms.